The van der Waals surface area contributed by atoms with Crippen LogP contribution in [-0.4, -0.2) is 13.9 Å². The van der Waals surface area contributed by atoms with Gasteiger partial charge in [0.15, 0.2) is 0 Å². The average Bonchev–Trinajstić information content (AvgIpc) is 2.40. The second-order valence-electron chi connectivity index (χ2n) is 4.26. The van der Waals surface area contributed by atoms with E-state index in [1.807, 2.05) is 0 Å². The molecule has 0 aliphatic carbocycles. The monoisotopic (exact) mass is 385 g/mol. The Hall–Kier alpha value is -1.45. The number of alkyl halides is 3. The van der Waals surface area contributed by atoms with Gasteiger partial charge in [0.1, 0.15) is 5.82 Å². The number of anilines is 1. The summed E-state index contributed by atoms with van der Waals surface area (Å²) in [6, 6.07) is 7.53. The fourth-order valence-electron chi connectivity index (χ4n) is 1.62. The van der Waals surface area contributed by atoms with Crippen LogP contribution in [-0.2, 0) is 10.0 Å². The van der Waals surface area contributed by atoms with Crippen LogP contribution in [0.5, 0.6) is 0 Å². The predicted molar refractivity (Wildman–Crippen MR) is 80.6 cm³/mol. The van der Waals surface area contributed by atoms with Crippen LogP contribution in [0.2, 0.25) is 5.02 Å². The standard InChI is InChI=1S/C13H8ClF4NO2S2/c14-11-7-9(4-5-12(11)22-13(16,17)18)19-23(20,21)10-3-1-2-8(15)6-10/h1-7,19H. The lowest BCUT2D eigenvalue weighted by Crippen LogP contribution is -2.13. The molecule has 1 N–H and O–H groups in total. The number of hydrogen-bond donors (Lipinski definition) is 1. The lowest BCUT2D eigenvalue weighted by atomic mass is 10.3. The molecular weight excluding hydrogens is 378 g/mol. The summed E-state index contributed by atoms with van der Waals surface area (Å²) in [6.07, 6.45) is 0. The molecule has 0 radical (unpaired) electrons. The third-order valence-corrected chi connectivity index (χ3v) is 5.13. The third-order valence-electron chi connectivity index (χ3n) is 2.52. The maximum Gasteiger partial charge on any atom is 0.446 e. The Bertz CT molecular complexity index is 825. The van der Waals surface area contributed by atoms with Crippen LogP contribution in [0.4, 0.5) is 23.2 Å². The fourth-order valence-corrected chi connectivity index (χ4v) is 3.54. The van der Waals surface area contributed by atoms with E-state index in [0.29, 0.717) is 0 Å². The molecule has 0 aliphatic rings. The minimum Gasteiger partial charge on any atom is -0.280 e. The van der Waals surface area contributed by atoms with Crippen LogP contribution in [0, 0.1) is 5.82 Å². The largest absolute Gasteiger partial charge is 0.446 e. The van der Waals surface area contributed by atoms with Gasteiger partial charge in [-0.25, -0.2) is 12.8 Å². The molecule has 0 aromatic heterocycles. The van der Waals surface area contributed by atoms with Crippen LogP contribution < -0.4 is 4.72 Å². The number of benzene rings is 2. The Balaban J connectivity index is 2.25. The summed E-state index contributed by atoms with van der Waals surface area (Å²) in [7, 11) is -4.08. The van der Waals surface area contributed by atoms with Gasteiger partial charge in [-0.3, -0.25) is 4.72 Å². The first-order valence-electron chi connectivity index (χ1n) is 5.90. The molecule has 10 heteroatoms. The maximum absolute atomic E-state index is 13.1. The summed E-state index contributed by atoms with van der Waals surface area (Å²) in [5.74, 6) is -0.733. The smallest absolute Gasteiger partial charge is 0.280 e. The molecule has 2 aromatic rings. The van der Waals surface area contributed by atoms with Crippen molar-refractivity contribution in [1.82, 2.24) is 0 Å². The number of halogens is 5. The molecular formula is C13H8ClF4NO2S2. The number of thioether (sulfide) groups is 1. The lowest BCUT2D eigenvalue weighted by molar-refractivity contribution is -0.0328. The maximum atomic E-state index is 13.1. The molecule has 3 nitrogen and oxygen atoms in total. The summed E-state index contributed by atoms with van der Waals surface area (Å²) >= 11 is 5.31. The van der Waals surface area contributed by atoms with Crippen molar-refractivity contribution in [1.29, 1.82) is 0 Å². The molecule has 0 amide bonds. The SMILES string of the molecule is O=S(=O)(Nc1ccc(SC(F)(F)F)c(Cl)c1)c1cccc(F)c1. The molecule has 0 atom stereocenters. The molecule has 0 saturated carbocycles. The number of rotatable bonds is 4. The van der Waals surface area contributed by atoms with Crippen molar-refractivity contribution in [2.75, 3.05) is 4.72 Å². The lowest BCUT2D eigenvalue weighted by Gasteiger charge is -2.11. The fraction of sp³-hybridized carbons (Fsp3) is 0.0769. The van der Waals surface area contributed by atoms with Crippen LogP contribution in [0.15, 0.2) is 52.3 Å². The zero-order chi connectivity index (χ0) is 17.3. The molecule has 2 rings (SSSR count). The van der Waals surface area contributed by atoms with Crippen LogP contribution in [0.3, 0.4) is 0 Å². The van der Waals surface area contributed by atoms with E-state index in [1.54, 1.807) is 0 Å². The van der Waals surface area contributed by atoms with Gasteiger partial charge in [0.2, 0.25) is 0 Å². The van der Waals surface area contributed by atoms with E-state index in [9.17, 15) is 26.0 Å². The van der Waals surface area contributed by atoms with Crippen LogP contribution in [0.1, 0.15) is 0 Å². The van der Waals surface area contributed by atoms with Crippen molar-refractivity contribution in [2.45, 2.75) is 15.3 Å². The molecule has 0 bridgehead atoms. The van der Waals surface area contributed by atoms with Crippen LogP contribution >= 0.6 is 23.4 Å². The third kappa shape index (κ3) is 5.02. The van der Waals surface area contributed by atoms with Crippen LogP contribution in [0.25, 0.3) is 0 Å². The first kappa shape index (κ1) is 17.9. The van der Waals surface area contributed by atoms with Gasteiger partial charge in [0, 0.05) is 4.90 Å². The van der Waals surface area contributed by atoms with Gasteiger partial charge in [0.25, 0.3) is 10.0 Å². The number of nitrogens with one attached hydrogen (secondary N) is 1. The summed E-state index contributed by atoms with van der Waals surface area (Å²) in [4.78, 5) is -0.574. The average molecular weight is 386 g/mol. The summed E-state index contributed by atoms with van der Waals surface area (Å²) in [6.45, 7) is 0. The van der Waals surface area contributed by atoms with Crippen molar-refractivity contribution in [3.63, 3.8) is 0 Å². The zero-order valence-electron chi connectivity index (χ0n) is 11.1. The quantitative estimate of drug-likeness (QED) is 0.602. The van der Waals surface area contributed by atoms with E-state index in [1.165, 1.54) is 12.1 Å². The minimum absolute atomic E-state index is 0.0363. The summed E-state index contributed by atoms with van der Waals surface area (Å²) < 4.78 is 76.3. The molecule has 124 valence electrons. The van der Waals surface area contributed by atoms with Crippen molar-refractivity contribution in [3.05, 3.63) is 53.3 Å². The first-order valence-corrected chi connectivity index (χ1v) is 8.58. The highest BCUT2D eigenvalue weighted by molar-refractivity contribution is 8.00. The second-order valence-corrected chi connectivity index (χ2v) is 7.45. The summed E-state index contributed by atoms with van der Waals surface area (Å²) in [5.41, 5.74) is -4.54. The van der Waals surface area contributed by atoms with Gasteiger partial charge in [-0.2, -0.15) is 13.2 Å². The second kappa shape index (κ2) is 6.58. The highest BCUT2D eigenvalue weighted by Gasteiger charge is 2.30. The summed E-state index contributed by atoms with van der Waals surface area (Å²) in [5, 5.41) is -0.258. The van der Waals surface area contributed by atoms with Gasteiger partial charge in [-0.1, -0.05) is 17.7 Å². The Labute approximate surface area is 138 Å². The Morgan fingerprint density at radius 2 is 1.78 bits per heavy atom. The van der Waals surface area contributed by atoms with E-state index in [2.05, 4.69) is 4.72 Å². The Morgan fingerprint density at radius 3 is 2.35 bits per heavy atom. The highest BCUT2D eigenvalue weighted by atomic mass is 35.5. The topological polar surface area (TPSA) is 46.2 Å². The molecule has 0 heterocycles. The van der Waals surface area contributed by atoms with E-state index in [4.69, 9.17) is 11.6 Å². The normalized spacial score (nSPS) is 12.2. The molecule has 0 spiro atoms. The number of sulfonamides is 1. The molecule has 0 saturated heterocycles. The molecule has 0 aliphatic heterocycles. The molecule has 0 fully saturated rings. The Kier molecular flexibility index (Phi) is 5.12. The van der Waals surface area contributed by atoms with E-state index in [-0.39, 0.29) is 20.5 Å². The van der Waals surface area contributed by atoms with E-state index in [0.717, 1.165) is 30.3 Å². The van der Waals surface area contributed by atoms with Gasteiger partial charge in [0.05, 0.1) is 15.6 Å². The van der Waals surface area contributed by atoms with Gasteiger partial charge < -0.3 is 0 Å². The van der Waals surface area contributed by atoms with E-state index < -0.39 is 33.1 Å². The van der Waals surface area contributed by atoms with Gasteiger partial charge in [-0.15, -0.1) is 0 Å². The molecule has 23 heavy (non-hydrogen) atoms. The van der Waals surface area contributed by atoms with Crippen molar-refractivity contribution in [2.24, 2.45) is 0 Å². The molecule has 0 unspecified atom stereocenters. The van der Waals surface area contributed by atoms with Crippen molar-refractivity contribution >= 4 is 39.1 Å². The molecule has 2 aromatic carbocycles. The van der Waals surface area contributed by atoms with E-state index >= 15 is 0 Å². The van der Waals surface area contributed by atoms with Gasteiger partial charge in [-0.05, 0) is 48.2 Å². The van der Waals surface area contributed by atoms with Crippen molar-refractivity contribution < 1.29 is 26.0 Å². The Morgan fingerprint density at radius 1 is 1.09 bits per heavy atom. The minimum atomic E-state index is -4.51. The predicted octanol–water partition coefficient (Wildman–Crippen LogP) is 4.89. The first-order chi connectivity index (χ1) is 10.6. The number of hydrogen-bond acceptors (Lipinski definition) is 3. The van der Waals surface area contributed by atoms with Gasteiger partial charge >= 0.3 is 5.51 Å². The zero-order valence-corrected chi connectivity index (χ0v) is 13.5. The highest BCUT2D eigenvalue weighted by Crippen LogP contribution is 2.41. The van der Waals surface area contributed by atoms with Crippen molar-refractivity contribution in [3.8, 4) is 0 Å².